The lowest BCUT2D eigenvalue weighted by Crippen LogP contribution is -2.28. The highest BCUT2D eigenvalue weighted by molar-refractivity contribution is 5.92. The van der Waals surface area contributed by atoms with Crippen LogP contribution in [0.25, 0.3) is 0 Å². The molecule has 0 fully saturated rings. The summed E-state index contributed by atoms with van der Waals surface area (Å²) in [4.78, 5) is 19.2. The number of carbonyl (C=O) groups excluding carboxylic acids is 1. The first-order valence-corrected chi connectivity index (χ1v) is 9.40. The predicted molar refractivity (Wildman–Crippen MR) is 108 cm³/mol. The number of rotatable bonds is 4. The molecule has 1 amide bonds. The largest absolute Gasteiger partial charge is 0.344 e. The second-order valence-corrected chi connectivity index (χ2v) is 6.89. The molecule has 4 nitrogen and oxygen atoms in total. The SMILES string of the molecule is CC(NC(=O)c1ccc(N2CCCc3ccccc32)cn1)c1ccccc1. The van der Waals surface area contributed by atoms with Crippen molar-refractivity contribution in [3.05, 3.63) is 89.7 Å². The zero-order chi connectivity index (χ0) is 18.6. The molecule has 1 aromatic heterocycles. The number of hydrogen-bond donors (Lipinski definition) is 1. The van der Waals surface area contributed by atoms with Crippen molar-refractivity contribution in [1.82, 2.24) is 10.3 Å². The number of amides is 1. The number of hydrogen-bond acceptors (Lipinski definition) is 3. The Hall–Kier alpha value is -3.14. The second-order valence-electron chi connectivity index (χ2n) is 6.89. The molecule has 0 aliphatic carbocycles. The number of carbonyl (C=O) groups is 1. The monoisotopic (exact) mass is 357 g/mol. The van der Waals surface area contributed by atoms with Crippen molar-refractivity contribution in [1.29, 1.82) is 0 Å². The molecule has 0 spiro atoms. The van der Waals surface area contributed by atoms with E-state index in [0.717, 1.165) is 30.6 Å². The molecule has 0 saturated carbocycles. The van der Waals surface area contributed by atoms with Gasteiger partial charge in [0.1, 0.15) is 5.69 Å². The summed E-state index contributed by atoms with van der Waals surface area (Å²) < 4.78 is 0. The number of pyridine rings is 1. The highest BCUT2D eigenvalue weighted by Gasteiger charge is 2.19. The van der Waals surface area contributed by atoms with Crippen molar-refractivity contribution in [3.63, 3.8) is 0 Å². The molecule has 136 valence electrons. The summed E-state index contributed by atoms with van der Waals surface area (Å²) in [5.41, 5.74) is 5.14. The fourth-order valence-corrected chi connectivity index (χ4v) is 3.58. The van der Waals surface area contributed by atoms with E-state index in [1.54, 1.807) is 12.3 Å². The van der Waals surface area contributed by atoms with Gasteiger partial charge in [-0.15, -0.1) is 0 Å². The highest BCUT2D eigenvalue weighted by atomic mass is 16.1. The van der Waals surface area contributed by atoms with Crippen molar-refractivity contribution in [2.45, 2.75) is 25.8 Å². The third kappa shape index (κ3) is 3.70. The van der Waals surface area contributed by atoms with E-state index >= 15 is 0 Å². The van der Waals surface area contributed by atoms with Crippen LogP contribution in [0.2, 0.25) is 0 Å². The Balaban J connectivity index is 1.49. The summed E-state index contributed by atoms with van der Waals surface area (Å²) in [6, 6.07) is 22.1. The Bertz CT molecular complexity index is 922. The van der Waals surface area contributed by atoms with Crippen LogP contribution in [0.3, 0.4) is 0 Å². The third-order valence-electron chi connectivity index (χ3n) is 5.05. The van der Waals surface area contributed by atoms with Crippen LogP contribution in [-0.2, 0) is 6.42 Å². The Morgan fingerprint density at radius 2 is 1.81 bits per heavy atom. The second kappa shape index (κ2) is 7.62. The maximum absolute atomic E-state index is 12.5. The molecule has 4 rings (SSSR count). The molecule has 4 heteroatoms. The molecule has 1 unspecified atom stereocenters. The van der Waals surface area contributed by atoms with Crippen LogP contribution in [0.4, 0.5) is 11.4 Å². The van der Waals surface area contributed by atoms with Gasteiger partial charge in [-0.2, -0.15) is 0 Å². The predicted octanol–water partition coefficient (Wildman–Crippen LogP) is 4.66. The summed E-state index contributed by atoms with van der Waals surface area (Å²) in [6.45, 7) is 2.95. The number of nitrogens with zero attached hydrogens (tertiary/aromatic N) is 2. The zero-order valence-corrected chi connectivity index (χ0v) is 15.4. The molecule has 1 N–H and O–H groups in total. The van der Waals surface area contributed by atoms with Crippen LogP contribution in [-0.4, -0.2) is 17.4 Å². The molecular weight excluding hydrogens is 334 g/mol. The van der Waals surface area contributed by atoms with Gasteiger partial charge < -0.3 is 10.2 Å². The normalized spacial score (nSPS) is 14.3. The summed E-state index contributed by atoms with van der Waals surface area (Å²) >= 11 is 0. The Kier molecular flexibility index (Phi) is 4.88. The van der Waals surface area contributed by atoms with Crippen molar-refractivity contribution < 1.29 is 4.79 Å². The van der Waals surface area contributed by atoms with Crippen LogP contribution in [0, 0.1) is 0 Å². The van der Waals surface area contributed by atoms with E-state index in [1.165, 1.54) is 11.3 Å². The number of anilines is 2. The molecule has 2 aromatic carbocycles. The molecule has 0 bridgehead atoms. The minimum absolute atomic E-state index is 0.0610. The first kappa shape index (κ1) is 17.3. The van der Waals surface area contributed by atoms with Gasteiger partial charge in [-0.05, 0) is 49.1 Å². The van der Waals surface area contributed by atoms with E-state index in [4.69, 9.17) is 0 Å². The number of para-hydroxylation sites is 1. The minimum Gasteiger partial charge on any atom is -0.344 e. The number of aryl methyl sites for hydroxylation is 1. The molecule has 27 heavy (non-hydrogen) atoms. The van der Waals surface area contributed by atoms with Crippen LogP contribution in [0.5, 0.6) is 0 Å². The standard InChI is InChI=1S/C23H23N3O/c1-17(18-8-3-2-4-9-18)25-23(27)21-14-13-20(16-24-21)26-15-7-11-19-10-5-6-12-22(19)26/h2-6,8-10,12-14,16-17H,7,11,15H2,1H3,(H,25,27). The quantitative estimate of drug-likeness (QED) is 0.739. The van der Waals surface area contributed by atoms with Gasteiger partial charge >= 0.3 is 0 Å². The molecule has 0 radical (unpaired) electrons. The number of benzene rings is 2. The highest BCUT2D eigenvalue weighted by Crippen LogP contribution is 2.32. The van der Waals surface area contributed by atoms with Crippen LogP contribution in [0.15, 0.2) is 72.9 Å². The average molecular weight is 357 g/mol. The van der Waals surface area contributed by atoms with E-state index in [2.05, 4.69) is 39.5 Å². The van der Waals surface area contributed by atoms with E-state index in [1.807, 2.05) is 43.3 Å². The number of fused-ring (bicyclic) bond motifs is 1. The smallest absolute Gasteiger partial charge is 0.270 e. The summed E-state index contributed by atoms with van der Waals surface area (Å²) in [5.74, 6) is -0.156. The summed E-state index contributed by atoms with van der Waals surface area (Å²) in [6.07, 6.45) is 4.02. The van der Waals surface area contributed by atoms with Gasteiger partial charge in [0.15, 0.2) is 0 Å². The first-order valence-electron chi connectivity index (χ1n) is 9.40. The zero-order valence-electron chi connectivity index (χ0n) is 15.4. The van der Waals surface area contributed by atoms with Crippen molar-refractivity contribution in [2.24, 2.45) is 0 Å². The minimum atomic E-state index is -0.156. The van der Waals surface area contributed by atoms with Crippen LogP contribution in [0.1, 0.15) is 41.0 Å². The Morgan fingerprint density at radius 3 is 2.59 bits per heavy atom. The molecule has 1 aliphatic rings. The van der Waals surface area contributed by atoms with Gasteiger partial charge in [0.05, 0.1) is 17.9 Å². The van der Waals surface area contributed by atoms with Crippen LogP contribution >= 0.6 is 0 Å². The molecule has 0 saturated heterocycles. The summed E-state index contributed by atoms with van der Waals surface area (Å²) in [5, 5.41) is 3.01. The van der Waals surface area contributed by atoms with Crippen molar-refractivity contribution in [2.75, 3.05) is 11.4 Å². The van der Waals surface area contributed by atoms with Gasteiger partial charge in [0.25, 0.3) is 5.91 Å². The molecule has 1 aliphatic heterocycles. The maximum atomic E-state index is 12.5. The van der Waals surface area contributed by atoms with E-state index in [-0.39, 0.29) is 11.9 Å². The van der Waals surface area contributed by atoms with E-state index in [0.29, 0.717) is 5.69 Å². The topological polar surface area (TPSA) is 45.2 Å². The maximum Gasteiger partial charge on any atom is 0.270 e. The molecule has 2 heterocycles. The van der Waals surface area contributed by atoms with Gasteiger partial charge in [-0.1, -0.05) is 48.5 Å². The molecule has 3 aromatic rings. The van der Waals surface area contributed by atoms with Gasteiger partial charge in [0, 0.05) is 12.2 Å². The van der Waals surface area contributed by atoms with Gasteiger partial charge in [-0.3, -0.25) is 4.79 Å². The average Bonchev–Trinajstić information content (AvgIpc) is 2.74. The Labute approximate surface area is 159 Å². The lowest BCUT2D eigenvalue weighted by molar-refractivity contribution is 0.0935. The fourth-order valence-electron chi connectivity index (χ4n) is 3.58. The van der Waals surface area contributed by atoms with Crippen molar-refractivity contribution in [3.8, 4) is 0 Å². The molecule has 1 atom stereocenters. The van der Waals surface area contributed by atoms with Crippen molar-refractivity contribution >= 4 is 17.3 Å². The van der Waals surface area contributed by atoms with Gasteiger partial charge in [-0.25, -0.2) is 4.98 Å². The van der Waals surface area contributed by atoms with Gasteiger partial charge in [0.2, 0.25) is 0 Å². The lowest BCUT2D eigenvalue weighted by Gasteiger charge is -2.31. The molecular formula is C23H23N3O. The number of aromatic nitrogens is 1. The Morgan fingerprint density at radius 1 is 1.04 bits per heavy atom. The first-order chi connectivity index (χ1) is 13.2. The summed E-state index contributed by atoms with van der Waals surface area (Å²) in [7, 11) is 0. The number of nitrogens with one attached hydrogen (secondary N) is 1. The third-order valence-corrected chi connectivity index (χ3v) is 5.05. The van der Waals surface area contributed by atoms with E-state index in [9.17, 15) is 4.79 Å². The van der Waals surface area contributed by atoms with E-state index < -0.39 is 0 Å². The fraction of sp³-hybridized carbons (Fsp3) is 0.217. The van der Waals surface area contributed by atoms with Crippen LogP contribution < -0.4 is 10.2 Å². The lowest BCUT2D eigenvalue weighted by atomic mass is 10.0.